The monoisotopic (exact) mass is 359 g/mol. The number of methoxy groups -OCH3 is 1. The van der Waals surface area contributed by atoms with Gasteiger partial charge in [-0.3, -0.25) is 4.79 Å². The van der Waals surface area contributed by atoms with Crippen molar-refractivity contribution in [3.63, 3.8) is 0 Å². The molecule has 0 spiro atoms. The van der Waals surface area contributed by atoms with Crippen LogP contribution in [-0.2, 0) is 9.53 Å². The summed E-state index contributed by atoms with van der Waals surface area (Å²) in [5, 5.41) is 2.75. The number of allylic oxidation sites excluding steroid dienone is 3. The molecule has 0 fully saturated rings. The number of carbonyl (C=O) groups excluding carboxylic acids is 2. The van der Waals surface area contributed by atoms with Gasteiger partial charge in [-0.25, -0.2) is 4.79 Å². The molecule has 140 valence electrons. The van der Waals surface area contributed by atoms with Gasteiger partial charge in [-0.05, 0) is 38.5 Å². The van der Waals surface area contributed by atoms with Crippen LogP contribution in [-0.4, -0.2) is 32.3 Å². The van der Waals surface area contributed by atoms with Crippen LogP contribution in [0.4, 0.5) is 4.79 Å². The van der Waals surface area contributed by atoms with Crippen molar-refractivity contribution >= 4 is 18.1 Å². The Balaban J connectivity index is 2.65. The highest BCUT2D eigenvalue weighted by atomic mass is 16.7. The Morgan fingerprint density at radius 2 is 1.92 bits per heavy atom. The molecule has 0 saturated heterocycles. The van der Waals surface area contributed by atoms with Crippen LogP contribution in [0.2, 0.25) is 0 Å². The molecule has 0 aliphatic carbocycles. The van der Waals surface area contributed by atoms with E-state index in [4.69, 9.17) is 14.2 Å². The second kappa shape index (κ2) is 11.5. The van der Waals surface area contributed by atoms with Crippen LogP contribution in [0.25, 0.3) is 6.08 Å². The first-order valence-electron chi connectivity index (χ1n) is 8.24. The van der Waals surface area contributed by atoms with E-state index in [2.05, 4.69) is 5.32 Å². The molecule has 0 aliphatic heterocycles. The van der Waals surface area contributed by atoms with Gasteiger partial charge in [0, 0.05) is 12.6 Å². The largest absolute Gasteiger partial charge is 0.513 e. The second-order valence-electron chi connectivity index (χ2n) is 5.44. The van der Waals surface area contributed by atoms with Crippen molar-refractivity contribution in [3.8, 4) is 11.5 Å². The van der Waals surface area contributed by atoms with Crippen LogP contribution in [0.5, 0.6) is 11.5 Å². The first kappa shape index (κ1) is 21.0. The molecule has 0 aliphatic rings. The minimum absolute atomic E-state index is 0.164. The van der Waals surface area contributed by atoms with Gasteiger partial charge in [0.15, 0.2) is 11.5 Å². The minimum atomic E-state index is -0.781. The van der Waals surface area contributed by atoms with Gasteiger partial charge in [0.05, 0.1) is 13.7 Å². The lowest BCUT2D eigenvalue weighted by molar-refractivity contribution is -0.116. The average Bonchev–Trinajstić information content (AvgIpc) is 2.59. The predicted octanol–water partition coefficient (Wildman–Crippen LogP) is 3.88. The third-order valence-electron chi connectivity index (χ3n) is 3.08. The molecule has 1 aromatic rings. The van der Waals surface area contributed by atoms with E-state index in [1.165, 1.54) is 13.2 Å². The predicted molar refractivity (Wildman–Crippen MR) is 101 cm³/mol. The standard InChI is InChI=1S/C20H25NO5/c1-5-25-20(23)26-17-11-10-16(14-18(17)24-4)8-6-7-9-19(22)21-13-12-15(2)3/h6-12,14H,5,13H2,1-4H3,(H,21,22). The second-order valence-corrected chi connectivity index (χ2v) is 5.44. The summed E-state index contributed by atoms with van der Waals surface area (Å²) in [5.74, 6) is 0.517. The van der Waals surface area contributed by atoms with E-state index < -0.39 is 6.16 Å². The van der Waals surface area contributed by atoms with Crippen molar-refractivity contribution in [2.45, 2.75) is 20.8 Å². The Morgan fingerprint density at radius 3 is 2.58 bits per heavy atom. The Kier molecular flexibility index (Phi) is 9.31. The lowest BCUT2D eigenvalue weighted by Crippen LogP contribution is -2.20. The zero-order chi connectivity index (χ0) is 19.4. The summed E-state index contributed by atoms with van der Waals surface area (Å²) in [4.78, 5) is 23.0. The Bertz CT molecular complexity index is 700. The summed E-state index contributed by atoms with van der Waals surface area (Å²) < 4.78 is 15.0. The SMILES string of the molecule is CCOC(=O)Oc1ccc(C=CC=CC(=O)NCC=C(C)C)cc1OC. The van der Waals surface area contributed by atoms with Crippen molar-refractivity contribution in [1.29, 1.82) is 0 Å². The summed E-state index contributed by atoms with van der Waals surface area (Å²) >= 11 is 0. The third-order valence-corrected chi connectivity index (χ3v) is 3.08. The molecular formula is C20H25NO5. The van der Waals surface area contributed by atoms with Gasteiger partial charge in [-0.15, -0.1) is 0 Å². The molecule has 1 aromatic carbocycles. The maximum absolute atomic E-state index is 11.6. The number of hydrogen-bond acceptors (Lipinski definition) is 5. The smallest absolute Gasteiger partial charge is 0.493 e. The van der Waals surface area contributed by atoms with Gasteiger partial charge in [0.1, 0.15) is 0 Å². The maximum Gasteiger partial charge on any atom is 0.513 e. The van der Waals surface area contributed by atoms with E-state index in [1.807, 2.05) is 19.9 Å². The molecule has 0 radical (unpaired) electrons. The molecule has 6 nitrogen and oxygen atoms in total. The van der Waals surface area contributed by atoms with Crippen molar-refractivity contribution in [2.24, 2.45) is 0 Å². The summed E-state index contributed by atoms with van der Waals surface area (Å²) in [6, 6.07) is 5.09. The lowest BCUT2D eigenvalue weighted by Gasteiger charge is -2.09. The molecular weight excluding hydrogens is 334 g/mol. The number of nitrogens with one attached hydrogen (secondary N) is 1. The molecule has 0 heterocycles. The third kappa shape index (κ3) is 8.19. The Hall–Kier alpha value is -3.02. The summed E-state index contributed by atoms with van der Waals surface area (Å²) in [6.07, 6.45) is 7.79. The Morgan fingerprint density at radius 1 is 1.15 bits per heavy atom. The highest BCUT2D eigenvalue weighted by Gasteiger charge is 2.10. The lowest BCUT2D eigenvalue weighted by atomic mass is 10.2. The molecule has 26 heavy (non-hydrogen) atoms. The van der Waals surface area contributed by atoms with E-state index in [1.54, 1.807) is 43.4 Å². The fraction of sp³-hybridized carbons (Fsp3) is 0.300. The molecule has 0 unspecified atom stereocenters. The van der Waals surface area contributed by atoms with Gasteiger partial charge in [-0.2, -0.15) is 0 Å². The molecule has 1 rings (SSSR count). The van der Waals surface area contributed by atoms with Crippen molar-refractivity contribution in [1.82, 2.24) is 5.32 Å². The molecule has 0 atom stereocenters. The number of carbonyl (C=O) groups is 2. The number of amides is 1. The maximum atomic E-state index is 11.6. The highest BCUT2D eigenvalue weighted by Crippen LogP contribution is 2.28. The van der Waals surface area contributed by atoms with E-state index in [9.17, 15) is 9.59 Å². The average molecular weight is 359 g/mol. The van der Waals surface area contributed by atoms with Gasteiger partial charge in [0.25, 0.3) is 0 Å². The molecule has 0 aromatic heterocycles. The zero-order valence-corrected chi connectivity index (χ0v) is 15.6. The van der Waals surface area contributed by atoms with Crippen LogP contribution in [0.3, 0.4) is 0 Å². The molecule has 0 saturated carbocycles. The van der Waals surface area contributed by atoms with Crippen molar-refractivity contribution in [3.05, 3.63) is 53.6 Å². The summed E-state index contributed by atoms with van der Waals surface area (Å²) in [6.45, 7) is 6.39. The fourth-order valence-corrected chi connectivity index (χ4v) is 1.83. The van der Waals surface area contributed by atoms with Crippen LogP contribution >= 0.6 is 0 Å². The van der Waals surface area contributed by atoms with Crippen LogP contribution in [0.1, 0.15) is 26.3 Å². The number of rotatable bonds is 8. The van der Waals surface area contributed by atoms with Crippen molar-refractivity contribution in [2.75, 3.05) is 20.3 Å². The summed E-state index contributed by atoms with van der Waals surface area (Å²) in [7, 11) is 1.48. The van der Waals surface area contributed by atoms with Gasteiger partial charge in [-0.1, -0.05) is 35.9 Å². The van der Waals surface area contributed by atoms with E-state index in [-0.39, 0.29) is 18.3 Å². The highest BCUT2D eigenvalue weighted by molar-refractivity contribution is 5.88. The van der Waals surface area contributed by atoms with Gasteiger partial charge < -0.3 is 19.5 Å². The number of ether oxygens (including phenoxy) is 3. The van der Waals surface area contributed by atoms with Crippen LogP contribution in [0, 0.1) is 0 Å². The first-order valence-corrected chi connectivity index (χ1v) is 8.24. The summed E-state index contributed by atoms with van der Waals surface area (Å²) in [5.41, 5.74) is 1.98. The van der Waals surface area contributed by atoms with Crippen LogP contribution in [0.15, 0.2) is 48.1 Å². The quantitative estimate of drug-likeness (QED) is 0.251. The minimum Gasteiger partial charge on any atom is -0.493 e. The molecule has 1 N–H and O–H groups in total. The molecule has 0 bridgehead atoms. The first-order chi connectivity index (χ1) is 12.5. The van der Waals surface area contributed by atoms with Gasteiger partial charge in [0.2, 0.25) is 5.91 Å². The fourth-order valence-electron chi connectivity index (χ4n) is 1.83. The zero-order valence-electron chi connectivity index (χ0n) is 15.6. The van der Waals surface area contributed by atoms with Gasteiger partial charge >= 0.3 is 6.16 Å². The number of benzene rings is 1. The van der Waals surface area contributed by atoms with E-state index in [0.29, 0.717) is 12.3 Å². The van der Waals surface area contributed by atoms with E-state index >= 15 is 0 Å². The molecule has 6 heteroatoms. The Labute approximate surface area is 154 Å². The normalized spacial score (nSPS) is 10.6. The molecule has 1 amide bonds. The van der Waals surface area contributed by atoms with Crippen molar-refractivity contribution < 1.29 is 23.8 Å². The number of hydrogen-bond donors (Lipinski definition) is 1. The van der Waals surface area contributed by atoms with Crippen LogP contribution < -0.4 is 14.8 Å². The topological polar surface area (TPSA) is 73.9 Å². The van der Waals surface area contributed by atoms with E-state index in [0.717, 1.165) is 11.1 Å².